The average molecular weight is 985 g/mol. The quantitative estimate of drug-likeness (QED) is 0.0683. The van der Waals surface area contributed by atoms with E-state index in [4.69, 9.17) is 86.5 Å². The second-order valence-electron chi connectivity index (χ2n) is 17.3. The fraction of sp³-hybridized carbons (Fsp3) is 1.00. The molecule has 0 spiro atoms. The first-order valence-electron chi connectivity index (χ1n) is 21.6. The first-order chi connectivity index (χ1) is 31.8. The maximum Gasteiger partial charge on any atom is 0.176 e. The van der Waals surface area contributed by atoms with Gasteiger partial charge in [0.2, 0.25) is 0 Å². The molecule has 26 N–H and O–H groups in total. The summed E-state index contributed by atoms with van der Waals surface area (Å²) >= 11 is 0. The van der Waals surface area contributed by atoms with Crippen LogP contribution in [0.2, 0.25) is 0 Å². The van der Waals surface area contributed by atoms with Crippen molar-refractivity contribution in [3.63, 3.8) is 0 Å². The summed E-state index contributed by atoms with van der Waals surface area (Å²) in [6.45, 7) is -4.85. The molecule has 30 atom stereocenters. The smallest absolute Gasteiger partial charge is 0.176 e. The predicted octanol–water partition coefficient (Wildman–Crippen LogP) is -14.3. The second-order valence-corrected chi connectivity index (χ2v) is 17.3. The van der Waals surface area contributed by atoms with Gasteiger partial charge in [0.15, 0.2) is 37.7 Å². The first kappa shape index (κ1) is 55.1. The van der Waals surface area contributed by atoms with Gasteiger partial charge in [-0.1, -0.05) is 0 Å². The SMILES string of the molecule is N[C@@H]1C(O)O[C@@H](CO)C(OC2O[C@@H](CO)C(OC3O[C@@H](CO)C(OC4O[C@H](CO)C(OC5O[C@H](CO)C(OC6O[C@H](CO)C(O)[C@@H](O)[C@H]6N)[C@@H](O)[C@H]5N)[C@@H](O)[C@H]4N)[C@H](O)[C@@H]3N)[C@H](O)[C@@H]2N)[C@@H]1O. The molecule has 6 saturated heterocycles. The number of hydrogen-bond donors (Lipinski definition) is 20. The molecule has 6 fully saturated rings. The maximum absolute atomic E-state index is 11.4. The molecular formula is C36H68N6O25. The largest absolute Gasteiger partial charge is 0.394 e. The van der Waals surface area contributed by atoms with Crippen LogP contribution in [0.25, 0.3) is 0 Å². The highest BCUT2D eigenvalue weighted by molar-refractivity contribution is 5.02. The molecule has 31 heteroatoms. The Labute approximate surface area is 381 Å². The Kier molecular flexibility index (Phi) is 19.4. The summed E-state index contributed by atoms with van der Waals surface area (Å²) < 4.78 is 63.1. The number of aliphatic hydroxyl groups is 14. The van der Waals surface area contributed by atoms with Crippen molar-refractivity contribution in [2.75, 3.05) is 39.6 Å². The van der Waals surface area contributed by atoms with E-state index in [9.17, 15) is 71.5 Å². The Morgan fingerprint density at radius 2 is 0.478 bits per heavy atom. The molecule has 0 aliphatic carbocycles. The van der Waals surface area contributed by atoms with Crippen LogP contribution in [0, 0.1) is 0 Å². The summed E-state index contributed by atoms with van der Waals surface area (Å²) in [6, 6.07) is -8.85. The van der Waals surface area contributed by atoms with Gasteiger partial charge >= 0.3 is 0 Å². The van der Waals surface area contributed by atoms with Crippen LogP contribution in [-0.2, 0) is 52.1 Å². The topological polar surface area (TPSA) is 541 Å². The van der Waals surface area contributed by atoms with Gasteiger partial charge < -0.3 is 158 Å². The average Bonchev–Trinajstić information content (AvgIpc) is 3.32. The normalized spacial score (nSPS) is 53.4. The second kappa shape index (κ2) is 23.5. The Morgan fingerprint density at radius 1 is 0.269 bits per heavy atom. The third-order valence-corrected chi connectivity index (χ3v) is 12.9. The van der Waals surface area contributed by atoms with E-state index in [1.54, 1.807) is 0 Å². The summed E-state index contributed by atoms with van der Waals surface area (Å²) in [5.74, 6) is 0. The summed E-state index contributed by atoms with van der Waals surface area (Å²) in [7, 11) is 0. The molecule has 0 bridgehead atoms. The molecule has 12 unspecified atom stereocenters. The minimum Gasteiger partial charge on any atom is -0.394 e. The van der Waals surface area contributed by atoms with E-state index in [2.05, 4.69) is 0 Å². The lowest BCUT2D eigenvalue weighted by atomic mass is 9.93. The molecule has 0 radical (unpaired) electrons. The molecule has 6 aliphatic heterocycles. The van der Waals surface area contributed by atoms with Crippen LogP contribution in [0.3, 0.4) is 0 Å². The third kappa shape index (κ3) is 11.2. The van der Waals surface area contributed by atoms with Gasteiger partial charge in [0.05, 0.1) is 75.9 Å². The van der Waals surface area contributed by atoms with E-state index in [0.29, 0.717) is 0 Å². The fourth-order valence-electron chi connectivity index (χ4n) is 8.78. The molecule has 0 saturated carbocycles. The van der Waals surface area contributed by atoms with Crippen molar-refractivity contribution in [2.24, 2.45) is 34.4 Å². The van der Waals surface area contributed by atoms with Gasteiger partial charge in [-0.25, -0.2) is 0 Å². The molecule has 67 heavy (non-hydrogen) atoms. The van der Waals surface area contributed by atoms with Crippen LogP contribution in [0.5, 0.6) is 0 Å². The van der Waals surface area contributed by atoms with Gasteiger partial charge in [-0.3, -0.25) is 0 Å². The van der Waals surface area contributed by atoms with Crippen LogP contribution in [0.4, 0.5) is 0 Å². The molecule has 392 valence electrons. The molecule has 31 nitrogen and oxygen atoms in total. The third-order valence-electron chi connectivity index (χ3n) is 12.9. The molecule has 0 aromatic carbocycles. The first-order valence-corrected chi connectivity index (χ1v) is 21.6. The molecular weight excluding hydrogens is 916 g/mol. The van der Waals surface area contributed by atoms with Gasteiger partial charge in [0.1, 0.15) is 110 Å². The minimum absolute atomic E-state index is 0.728. The van der Waals surface area contributed by atoms with Crippen LogP contribution in [-0.4, -0.2) is 295 Å². The highest BCUT2D eigenvalue weighted by atomic mass is 16.8. The predicted molar refractivity (Wildman–Crippen MR) is 211 cm³/mol. The van der Waals surface area contributed by atoms with Gasteiger partial charge in [-0.2, -0.15) is 0 Å². The van der Waals surface area contributed by atoms with Crippen LogP contribution < -0.4 is 34.4 Å². The van der Waals surface area contributed by atoms with Gasteiger partial charge in [0.25, 0.3) is 0 Å². The number of nitrogens with two attached hydrogens (primary N) is 6. The number of ether oxygens (including phenoxy) is 11. The molecule has 6 rings (SSSR count). The standard InChI is InChI=1S/C36H68N6O25/c37-13-21(51)26(8(2-44)57-31(13)56)63-33-15(39)23(53)28(10(4-46)59-33)65-35-17(41)25(55)30(12(6-48)61-35)67-36-18(42)24(54)29(11(5-47)62-36)66-34-16(40)22(52)27(9(3-45)60-34)64-32-14(38)20(50)19(49)7(1-43)58-32/h7-36,43-56H,1-6,37-42H2/t7-,8+,9-,10+,11-,12+,13+,14-,15+,16-,17+,18-,19?,20+,21-,22+,23-,24+,25-,26?,27?,28?,29?,30?,31?,32?,33?,34?,35?,36?/m1/s1. The Hall–Kier alpha value is -1.24. The summed E-state index contributed by atoms with van der Waals surface area (Å²) in [4.78, 5) is 0. The van der Waals surface area contributed by atoms with Crippen LogP contribution in [0.1, 0.15) is 0 Å². The molecule has 6 aliphatic rings. The summed E-state index contributed by atoms with van der Waals surface area (Å²) in [6.07, 6.45) is -37.6. The summed E-state index contributed by atoms with van der Waals surface area (Å²) in [5.41, 5.74) is 36.9. The van der Waals surface area contributed by atoms with Gasteiger partial charge in [-0.05, 0) is 0 Å². The lowest BCUT2D eigenvalue weighted by Crippen LogP contribution is -2.71. The van der Waals surface area contributed by atoms with E-state index < -0.39 is 224 Å². The summed E-state index contributed by atoms with van der Waals surface area (Å²) in [5, 5.41) is 147. The van der Waals surface area contributed by atoms with E-state index in [1.807, 2.05) is 0 Å². The number of hydrogen-bond acceptors (Lipinski definition) is 31. The lowest BCUT2D eigenvalue weighted by Gasteiger charge is -2.50. The molecule has 0 amide bonds. The van der Waals surface area contributed by atoms with E-state index in [1.165, 1.54) is 0 Å². The van der Waals surface area contributed by atoms with Gasteiger partial charge in [0, 0.05) is 0 Å². The Bertz CT molecular complexity index is 1520. The van der Waals surface area contributed by atoms with Crippen molar-refractivity contribution >= 4 is 0 Å². The highest BCUT2D eigenvalue weighted by Crippen LogP contribution is 2.35. The highest BCUT2D eigenvalue weighted by Gasteiger charge is 2.56. The van der Waals surface area contributed by atoms with Crippen molar-refractivity contribution in [3.05, 3.63) is 0 Å². The maximum atomic E-state index is 11.4. The monoisotopic (exact) mass is 984 g/mol. The molecule has 0 aromatic heterocycles. The molecule has 6 heterocycles. The number of rotatable bonds is 16. The lowest BCUT2D eigenvalue weighted by molar-refractivity contribution is -0.367. The minimum atomic E-state index is -1.79. The van der Waals surface area contributed by atoms with E-state index in [0.717, 1.165) is 0 Å². The van der Waals surface area contributed by atoms with E-state index in [-0.39, 0.29) is 0 Å². The zero-order valence-corrected chi connectivity index (χ0v) is 35.8. The van der Waals surface area contributed by atoms with Crippen molar-refractivity contribution in [2.45, 2.75) is 184 Å². The van der Waals surface area contributed by atoms with Crippen molar-refractivity contribution in [3.8, 4) is 0 Å². The zero-order chi connectivity index (χ0) is 49.3. The Balaban J connectivity index is 1.07. The van der Waals surface area contributed by atoms with Crippen molar-refractivity contribution < 1.29 is 124 Å². The van der Waals surface area contributed by atoms with Crippen LogP contribution in [0.15, 0.2) is 0 Å². The molecule has 0 aromatic rings. The number of aliphatic hydroxyl groups excluding tert-OH is 14. The Morgan fingerprint density at radius 3 is 0.731 bits per heavy atom. The van der Waals surface area contributed by atoms with Crippen molar-refractivity contribution in [1.82, 2.24) is 0 Å². The zero-order valence-electron chi connectivity index (χ0n) is 35.8. The fourth-order valence-corrected chi connectivity index (χ4v) is 8.78. The van der Waals surface area contributed by atoms with Crippen LogP contribution >= 0.6 is 0 Å². The van der Waals surface area contributed by atoms with Crippen molar-refractivity contribution in [1.29, 1.82) is 0 Å². The van der Waals surface area contributed by atoms with Gasteiger partial charge in [-0.15, -0.1) is 0 Å². The van der Waals surface area contributed by atoms with E-state index >= 15 is 0 Å².